The highest BCUT2D eigenvalue weighted by Crippen LogP contribution is 2.45. The number of fused-ring (bicyclic) bond motifs is 3. The number of hydrogen-bond donors (Lipinski definition) is 1. The van der Waals surface area contributed by atoms with Crippen molar-refractivity contribution >= 4 is 28.7 Å². The van der Waals surface area contributed by atoms with Crippen LogP contribution in [0.1, 0.15) is 23.5 Å². The SMILES string of the molecule is Cc1ccc2c(c1)[C@H]1CN(C)CC[C@H]1N2C(=S)Nc1ccc(OC(F)F)cc1. The molecule has 2 aromatic rings. The van der Waals surface area contributed by atoms with Gasteiger partial charge in [0.15, 0.2) is 5.11 Å². The molecule has 7 heteroatoms. The van der Waals surface area contributed by atoms with Crippen LogP contribution in [0.2, 0.25) is 0 Å². The topological polar surface area (TPSA) is 27.7 Å². The number of ether oxygens (including phenoxy) is 1. The standard InChI is InChI=1S/C21H23F2N3OS/c1-13-3-8-18-16(11-13)17-12-25(2)10-9-19(17)26(18)21(28)24-14-4-6-15(7-5-14)27-20(22)23/h3-8,11,17,19-20H,9-10,12H2,1-2H3,(H,24,28)/t17-,19-/m1/s1. The minimum atomic E-state index is -2.83. The Hall–Kier alpha value is -2.25. The van der Waals surface area contributed by atoms with E-state index in [1.807, 2.05) is 0 Å². The Morgan fingerprint density at radius 2 is 1.96 bits per heavy atom. The molecule has 4 rings (SSSR count). The monoisotopic (exact) mass is 403 g/mol. The zero-order chi connectivity index (χ0) is 19.8. The van der Waals surface area contributed by atoms with Crippen molar-refractivity contribution in [2.24, 2.45) is 0 Å². The predicted octanol–water partition coefficient (Wildman–Crippen LogP) is 4.60. The van der Waals surface area contributed by atoms with Gasteiger partial charge in [-0.25, -0.2) is 0 Å². The lowest BCUT2D eigenvalue weighted by atomic mass is 9.89. The highest BCUT2D eigenvalue weighted by atomic mass is 32.1. The van der Waals surface area contributed by atoms with Crippen molar-refractivity contribution in [2.45, 2.75) is 31.9 Å². The first-order valence-corrected chi connectivity index (χ1v) is 9.77. The average Bonchev–Trinajstić information content (AvgIpc) is 2.96. The molecule has 2 aliphatic heterocycles. The Morgan fingerprint density at radius 1 is 1.21 bits per heavy atom. The molecule has 1 saturated heterocycles. The molecule has 0 unspecified atom stereocenters. The summed E-state index contributed by atoms with van der Waals surface area (Å²) in [5.41, 5.74) is 4.50. The van der Waals surface area contributed by atoms with Gasteiger partial charge in [-0.05, 0) is 75.1 Å². The van der Waals surface area contributed by atoms with Crippen molar-refractivity contribution in [1.29, 1.82) is 0 Å². The van der Waals surface area contributed by atoms with Crippen molar-refractivity contribution < 1.29 is 13.5 Å². The molecule has 2 aromatic carbocycles. The van der Waals surface area contributed by atoms with Crippen LogP contribution in [0, 0.1) is 6.92 Å². The van der Waals surface area contributed by atoms with Crippen molar-refractivity contribution in [3.05, 3.63) is 53.6 Å². The summed E-state index contributed by atoms with van der Waals surface area (Å²) in [6.45, 7) is 1.34. The summed E-state index contributed by atoms with van der Waals surface area (Å²) < 4.78 is 29.0. The number of alkyl halides is 2. The first-order valence-electron chi connectivity index (χ1n) is 9.36. The molecule has 1 fully saturated rings. The van der Waals surface area contributed by atoms with E-state index in [9.17, 15) is 8.78 Å². The largest absolute Gasteiger partial charge is 0.435 e. The molecule has 2 atom stereocenters. The van der Waals surface area contributed by atoms with Crippen molar-refractivity contribution in [3.63, 3.8) is 0 Å². The molecule has 0 amide bonds. The number of benzene rings is 2. The number of rotatable bonds is 3. The van der Waals surface area contributed by atoms with E-state index in [0.717, 1.165) is 30.9 Å². The highest BCUT2D eigenvalue weighted by molar-refractivity contribution is 7.80. The van der Waals surface area contributed by atoms with Gasteiger partial charge >= 0.3 is 6.61 Å². The number of nitrogens with one attached hydrogen (secondary N) is 1. The third-order valence-corrected chi connectivity index (χ3v) is 5.80. The van der Waals surface area contributed by atoms with E-state index >= 15 is 0 Å². The maximum atomic E-state index is 12.3. The second-order valence-electron chi connectivity index (χ2n) is 7.49. The Labute approximate surface area is 169 Å². The Bertz CT molecular complexity index is 874. The fraction of sp³-hybridized carbons (Fsp3) is 0.381. The molecule has 0 aliphatic carbocycles. The van der Waals surface area contributed by atoms with Gasteiger partial charge < -0.3 is 19.9 Å². The zero-order valence-electron chi connectivity index (χ0n) is 15.9. The fourth-order valence-electron chi connectivity index (χ4n) is 4.25. The van der Waals surface area contributed by atoms with Gasteiger partial charge in [-0.3, -0.25) is 0 Å². The molecular weight excluding hydrogens is 380 g/mol. The fourth-order valence-corrected chi connectivity index (χ4v) is 4.60. The highest BCUT2D eigenvalue weighted by Gasteiger charge is 2.42. The molecule has 0 aromatic heterocycles. The normalized spacial score (nSPS) is 21.4. The van der Waals surface area contributed by atoms with E-state index in [4.69, 9.17) is 12.2 Å². The van der Waals surface area contributed by atoms with Gasteiger partial charge in [-0.1, -0.05) is 17.7 Å². The smallest absolute Gasteiger partial charge is 0.387 e. The molecule has 1 N–H and O–H groups in total. The molecule has 2 heterocycles. The van der Waals surface area contributed by atoms with Gasteiger partial charge in [0, 0.05) is 29.9 Å². The van der Waals surface area contributed by atoms with Crippen molar-refractivity contribution in [1.82, 2.24) is 4.90 Å². The van der Waals surface area contributed by atoms with E-state index in [-0.39, 0.29) is 5.75 Å². The van der Waals surface area contributed by atoms with Crippen LogP contribution in [0.4, 0.5) is 20.2 Å². The number of likely N-dealkylation sites (N-methyl/N-ethyl adjacent to an activating group) is 1. The molecule has 0 bridgehead atoms. The van der Waals surface area contributed by atoms with Crippen LogP contribution in [0.5, 0.6) is 5.75 Å². The van der Waals surface area contributed by atoms with Gasteiger partial charge in [0.25, 0.3) is 0 Å². The number of nitrogens with zero attached hydrogens (tertiary/aromatic N) is 2. The molecule has 2 aliphatic rings. The van der Waals surface area contributed by atoms with E-state index < -0.39 is 6.61 Å². The number of likely N-dealkylation sites (tertiary alicyclic amines) is 1. The van der Waals surface area contributed by atoms with E-state index in [0.29, 0.717) is 17.1 Å². The first-order chi connectivity index (χ1) is 13.4. The molecule has 0 spiro atoms. The summed E-state index contributed by atoms with van der Waals surface area (Å²) in [4.78, 5) is 4.60. The summed E-state index contributed by atoms with van der Waals surface area (Å²) in [6, 6.07) is 13.3. The lowest BCUT2D eigenvalue weighted by Gasteiger charge is -2.37. The lowest BCUT2D eigenvalue weighted by Crippen LogP contribution is -2.48. The number of thiocarbonyl (C=S) groups is 1. The minimum absolute atomic E-state index is 0.129. The molecular formula is C21H23F2N3OS. The second-order valence-corrected chi connectivity index (χ2v) is 7.88. The number of piperidine rings is 1. The molecule has 148 valence electrons. The number of anilines is 2. The summed E-state index contributed by atoms with van der Waals surface area (Å²) in [6.07, 6.45) is 1.04. The maximum Gasteiger partial charge on any atom is 0.387 e. The second kappa shape index (κ2) is 7.64. The summed E-state index contributed by atoms with van der Waals surface area (Å²) in [5, 5.41) is 3.89. The quantitative estimate of drug-likeness (QED) is 0.756. The van der Waals surface area contributed by atoms with Crippen LogP contribution >= 0.6 is 12.2 Å². The number of aryl methyl sites for hydroxylation is 1. The average molecular weight is 403 g/mol. The third kappa shape index (κ3) is 3.69. The van der Waals surface area contributed by atoms with E-state index in [1.165, 1.54) is 23.3 Å². The van der Waals surface area contributed by atoms with E-state index in [1.54, 1.807) is 12.1 Å². The van der Waals surface area contributed by atoms with Gasteiger partial charge in [0.1, 0.15) is 5.75 Å². The van der Waals surface area contributed by atoms with E-state index in [2.05, 4.69) is 52.0 Å². The molecule has 4 nitrogen and oxygen atoms in total. The number of halogens is 2. The maximum absolute atomic E-state index is 12.3. The van der Waals surface area contributed by atoms with Crippen LogP contribution < -0.4 is 15.0 Å². The van der Waals surface area contributed by atoms with Crippen LogP contribution in [0.3, 0.4) is 0 Å². The first kappa shape index (κ1) is 19.1. The third-order valence-electron chi connectivity index (χ3n) is 5.50. The van der Waals surface area contributed by atoms with Gasteiger partial charge in [0.2, 0.25) is 0 Å². The molecule has 28 heavy (non-hydrogen) atoms. The Balaban J connectivity index is 1.57. The van der Waals surface area contributed by atoms with Crippen molar-refractivity contribution in [3.8, 4) is 5.75 Å². The van der Waals surface area contributed by atoms with Crippen LogP contribution in [0.15, 0.2) is 42.5 Å². The summed E-state index contributed by atoms with van der Waals surface area (Å²) in [5.74, 6) is 0.555. The lowest BCUT2D eigenvalue weighted by molar-refractivity contribution is -0.0498. The van der Waals surface area contributed by atoms with Gasteiger partial charge in [-0.15, -0.1) is 0 Å². The van der Waals surface area contributed by atoms with Gasteiger partial charge in [-0.2, -0.15) is 8.78 Å². The van der Waals surface area contributed by atoms with Crippen LogP contribution in [-0.4, -0.2) is 42.8 Å². The molecule has 0 saturated carbocycles. The van der Waals surface area contributed by atoms with Crippen LogP contribution in [-0.2, 0) is 0 Å². The van der Waals surface area contributed by atoms with Gasteiger partial charge in [0.05, 0.1) is 0 Å². The Morgan fingerprint density at radius 3 is 2.68 bits per heavy atom. The summed E-state index contributed by atoms with van der Waals surface area (Å²) in [7, 11) is 2.16. The van der Waals surface area contributed by atoms with Crippen LogP contribution in [0.25, 0.3) is 0 Å². The predicted molar refractivity (Wildman–Crippen MR) is 112 cm³/mol. The number of hydrogen-bond acceptors (Lipinski definition) is 3. The minimum Gasteiger partial charge on any atom is -0.435 e. The van der Waals surface area contributed by atoms with Crippen molar-refractivity contribution in [2.75, 3.05) is 30.4 Å². The zero-order valence-corrected chi connectivity index (χ0v) is 16.7. The Kier molecular flexibility index (Phi) is 5.21. The molecule has 0 radical (unpaired) electrons. The summed E-state index contributed by atoms with van der Waals surface area (Å²) >= 11 is 5.76.